The first-order valence-electron chi connectivity index (χ1n) is 4.21. The van der Waals surface area contributed by atoms with Crippen LogP contribution in [0.5, 0.6) is 0 Å². The summed E-state index contributed by atoms with van der Waals surface area (Å²) < 4.78 is 21.2. The molecule has 0 heterocycles. The van der Waals surface area contributed by atoms with E-state index < -0.39 is 10.0 Å². The van der Waals surface area contributed by atoms with Gasteiger partial charge in [0.2, 0.25) is 10.0 Å². The molecule has 2 N–H and O–H groups in total. The normalized spacial score (nSPS) is 9.86. The lowest BCUT2D eigenvalue weighted by Crippen LogP contribution is -2.11. The van der Waals surface area contributed by atoms with E-state index >= 15 is 0 Å². The van der Waals surface area contributed by atoms with Gasteiger partial charge in [-0.25, -0.2) is 13.6 Å². The highest BCUT2D eigenvalue weighted by molar-refractivity contribution is 7.89. The average Bonchev–Trinajstić information content (AvgIpc) is 2.18. The van der Waals surface area contributed by atoms with Crippen LogP contribution >= 0.6 is 0 Å². The molecule has 0 bridgehead atoms. The summed E-state index contributed by atoms with van der Waals surface area (Å²) in [6, 6.07) is 7.89. The molecule has 0 radical (unpaired) electrons. The van der Waals surface area contributed by atoms with Crippen LogP contribution in [0.1, 0.15) is 13.3 Å². The van der Waals surface area contributed by atoms with Crippen LogP contribution < -0.4 is 5.14 Å². The molecule has 0 saturated heterocycles. The third-order valence-corrected chi connectivity index (χ3v) is 2.29. The Bertz CT molecular complexity index is 357. The number of benzene rings is 1. The summed E-state index contributed by atoms with van der Waals surface area (Å²) in [6.07, 6.45) is 2.96. The molecule has 0 fully saturated rings. The largest absolute Gasteiger partial charge is 0.238 e. The molecule has 1 aromatic carbocycles. The van der Waals surface area contributed by atoms with Crippen LogP contribution in [0.4, 0.5) is 0 Å². The molecule has 0 aliphatic carbocycles. The maximum Gasteiger partial charge on any atom is 0.238 e. The summed E-state index contributed by atoms with van der Waals surface area (Å²) in [7, 11) is -3.50. The van der Waals surface area contributed by atoms with Gasteiger partial charge in [-0.15, -0.1) is 6.58 Å². The van der Waals surface area contributed by atoms with Gasteiger partial charge in [0, 0.05) is 0 Å². The molecule has 1 rings (SSSR count). The van der Waals surface area contributed by atoms with Crippen molar-refractivity contribution in [3.63, 3.8) is 0 Å². The molecule has 0 amide bonds. The Hall–Kier alpha value is -1.13. The number of primary sulfonamides is 1. The van der Waals surface area contributed by atoms with Crippen molar-refractivity contribution in [1.82, 2.24) is 0 Å². The molecule has 0 aliphatic heterocycles. The number of rotatable bonds is 2. The third kappa shape index (κ3) is 5.50. The fourth-order valence-electron chi connectivity index (χ4n) is 0.610. The van der Waals surface area contributed by atoms with Gasteiger partial charge in [0.25, 0.3) is 0 Å². The van der Waals surface area contributed by atoms with Crippen LogP contribution in [0, 0.1) is 0 Å². The second-order valence-corrected chi connectivity index (χ2v) is 4.12. The van der Waals surface area contributed by atoms with E-state index in [1.807, 2.05) is 6.08 Å². The SMILES string of the molecule is C=CCC.NS(=O)(=O)c1ccccc1. The van der Waals surface area contributed by atoms with Crippen LogP contribution in [0.25, 0.3) is 0 Å². The molecule has 14 heavy (non-hydrogen) atoms. The number of sulfonamides is 1. The Balaban J connectivity index is 0.000000364. The quantitative estimate of drug-likeness (QED) is 0.763. The van der Waals surface area contributed by atoms with Crippen molar-refractivity contribution in [1.29, 1.82) is 0 Å². The zero-order valence-corrected chi connectivity index (χ0v) is 9.00. The maximum absolute atomic E-state index is 10.6. The summed E-state index contributed by atoms with van der Waals surface area (Å²) in [5.41, 5.74) is 0. The van der Waals surface area contributed by atoms with Crippen LogP contribution in [0.2, 0.25) is 0 Å². The van der Waals surface area contributed by atoms with E-state index in [0.29, 0.717) is 0 Å². The van der Waals surface area contributed by atoms with Crippen molar-refractivity contribution in [2.24, 2.45) is 5.14 Å². The minimum atomic E-state index is -3.50. The van der Waals surface area contributed by atoms with E-state index in [4.69, 9.17) is 5.14 Å². The summed E-state index contributed by atoms with van der Waals surface area (Å²) >= 11 is 0. The van der Waals surface area contributed by atoms with Gasteiger partial charge in [0.1, 0.15) is 0 Å². The number of hydrogen-bond acceptors (Lipinski definition) is 2. The monoisotopic (exact) mass is 213 g/mol. The topological polar surface area (TPSA) is 60.2 Å². The third-order valence-electron chi connectivity index (χ3n) is 1.36. The lowest BCUT2D eigenvalue weighted by Gasteiger charge is -1.93. The van der Waals surface area contributed by atoms with Crippen molar-refractivity contribution in [3.8, 4) is 0 Å². The highest BCUT2D eigenvalue weighted by atomic mass is 32.2. The second kappa shape index (κ2) is 6.34. The smallest absolute Gasteiger partial charge is 0.225 e. The first-order chi connectivity index (χ1) is 6.52. The van der Waals surface area contributed by atoms with Gasteiger partial charge in [0.15, 0.2) is 0 Å². The molecule has 4 heteroatoms. The average molecular weight is 213 g/mol. The first kappa shape index (κ1) is 12.9. The van der Waals surface area contributed by atoms with Crippen LogP contribution in [-0.2, 0) is 10.0 Å². The van der Waals surface area contributed by atoms with E-state index in [1.165, 1.54) is 12.1 Å². The van der Waals surface area contributed by atoms with Crippen LogP contribution in [-0.4, -0.2) is 8.42 Å². The van der Waals surface area contributed by atoms with E-state index in [1.54, 1.807) is 18.2 Å². The molecular formula is C10H15NO2S. The highest BCUT2D eigenvalue weighted by Crippen LogP contribution is 2.02. The summed E-state index contributed by atoms with van der Waals surface area (Å²) in [5, 5.41) is 4.83. The lowest BCUT2D eigenvalue weighted by molar-refractivity contribution is 0.598. The number of allylic oxidation sites excluding steroid dienone is 1. The second-order valence-electron chi connectivity index (χ2n) is 2.55. The van der Waals surface area contributed by atoms with Gasteiger partial charge >= 0.3 is 0 Å². The number of nitrogens with two attached hydrogens (primary N) is 1. The fraction of sp³-hybridized carbons (Fsp3) is 0.200. The zero-order valence-electron chi connectivity index (χ0n) is 8.18. The minimum Gasteiger partial charge on any atom is -0.225 e. The van der Waals surface area contributed by atoms with Crippen molar-refractivity contribution >= 4 is 10.0 Å². The predicted octanol–water partition coefficient (Wildman–Crippen LogP) is 1.92. The van der Waals surface area contributed by atoms with Crippen molar-refractivity contribution in [2.45, 2.75) is 18.2 Å². The lowest BCUT2D eigenvalue weighted by atomic mass is 10.4. The summed E-state index contributed by atoms with van der Waals surface area (Å²) in [6.45, 7) is 5.54. The molecule has 1 aromatic rings. The Morgan fingerprint density at radius 3 is 2.00 bits per heavy atom. The Morgan fingerprint density at radius 2 is 1.79 bits per heavy atom. The zero-order chi connectivity index (χ0) is 11.0. The molecule has 78 valence electrons. The van der Waals surface area contributed by atoms with E-state index in [-0.39, 0.29) is 4.90 Å². The van der Waals surface area contributed by atoms with Gasteiger partial charge in [-0.2, -0.15) is 0 Å². The molecule has 0 spiro atoms. The number of hydrogen-bond donors (Lipinski definition) is 1. The minimum absolute atomic E-state index is 0.148. The summed E-state index contributed by atoms with van der Waals surface area (Å²) in [4.78, 5) is 0.148. The van der Waals surface area contributed by atoms with Crippen molar-refractivity contribution < 1.29 is 8.42 Å². The molecule has 0 atom stereocenters. The van der Waals surface area contributed by atoms with E-state index in [0.717, 1.165) is 6.42 Å². The molecule has 0 unspecified atom stereocenters. The standard InChI is InChI=1S/C6H7NO2S.C4H8/c7-10(8,9)6-4-2-1-3-5-6;1-3-4-2/h1-5H,(H2,7,8,9);3H,1,4H2,2H3. The van der Waals surface area contributed by atoms with Gasteiger partial charge in [0.05, 0.1) is 4.90 Å². The molecule has 0 saturated carbocycles. The van der Waals surface area contributed by atoms with Crippen molar-refractivity contribution in [3.05, 3.63) is 43.0 Å². The van der Waals surface area contributed by atoms with Gasteiger partial charge in [-0.3, -0.25) is 0 Å². The van der Waals surface area contributed by atoms with Crippen LogP contribution in [0.15, 0.2) is 47.9 Å². The van der Waals surface area contributed by atoms with Gasteiger partial charge in [-0.05, 0) is 18.6 Å². The molecule has 0 aromatic heterocycles. The van der Waals surface area contributed by atoms with E-state index in [2.05, 4.69) is 13.5 Å². The molecule has 0 aliphatic rings. The predicted molar refractivity (Wildman–Crippen MR) is 58.3 cm³/mol. The Kier molecular flexibility index (Phi) is 5.83. The van der Waals surface area contributed by atoms with Crippen molar-refractivity contribution in [2.75, 3.05) is 0 Å². The van der Waals surface area contributed by atoms with Gasteiger partial charge in [-0.1, -0.05) is 31.2 Å². The van der Waals surface area contributed by atoms with Crippen LogP contribution in [0.3, 0.4) is 0 Å². The van der Waals surface area contributed by atoms with E-state index in [9.17, 15) is 8.42 Å². The highest BCUT2D eigenvalue weighted by Gasteiger charge is 2.03. The van der Waals surface area contributed by atoms with Gasteiger partial charge < -0.3 is 0 Å². The molecular weight excluding hydrogens is 198 g/mol. The fourth-order valence-corrected chi connectivity index (χ4v) is 1.15. The maximum atomic E-state index is 10.6. The first-order valence-corrected chi connectivity index (χ1v) is 5.75. The summed E-state index contributed by atoms with van der Waals surface area (Å²) in [5.74, 6) is 0. The molecule has 3 nitrogen and oxygen atoms in total. The Morgan fingerprint density at radius 1 is 1.36 bits per heavy atom. The Labute approximate surface area is 85.3 Å².